The van der Waals surface area contributed by atoms with E-state index in [0.29, 0.717) is 43.1 Å². The Morgan fingerprint density at radius 2 is 0.769 bits per heavy atom. The number of carbonyl (C=O) groups is 4. The van der Waals surface area contributed by atoms with Gasteiger partial charge in [-0.1, -0.05) is 48.5 Å². The topological polar surface area (TPSA) is 153 Å². The van der Waals surface area contributed by atoms with E-state index < -0.39 is 18.3 Å². The van der Waals surface area contributed by atoms with E-state index in [1.165, 1.54) is 6.92 Å². The molecule has 274 valence electrons. The Balaban J connectivity index is 1.08. The lowest BCUT2D eigenvalue weighted by molar-refractivity contribution is -0.114. The second kappa shape index (κ2) is 20.7. The molecule has 0 radical (unpaired) electrons. The summed E-state index contributed by atoms with van der Waals surface area (Å²) in [4.78, 5) is 47.6. The highest BCUT2D eigenvalue weighted by Gasteiger charge is 2.08. The van der Waals surface area contributed by atoms with Crippen molar-refractivity contribution in [3.63, 3.8) is 0 Å². The molecule has 12 heteroatoms. The van der Waals surface area contributed by atoms with Crippen LogP contribution in [0.5, 0.6) is 0 Å². The molecule has 4 N–H and O–H groups in total. The summed E-state index contributed by atoms with van der Waals surface area (Å²) in [7, 11) is 0. The zero-order valence-electron chi connectivity index (χ0n) is 29.7. The lowest BCUT2D eigenvalue weighted by atomic mass is 10.0. The van der Waals surface area contributed by atoms with Gasteiger partial charge < -0.3 is 24.3 Å². The fourth-order valence-corrected chi connectivity index (χ4v) is 4.92. The molecular formula is C40H46N4O8. The van der Waals surface area contributed by atoms with E-state index in [9.17, 15) is 19.2 Å². The number of nitrogens with one attached hydrogen (secondary N) is 4. The van der Waals surface area contributed by atoms with Crippen LogP contribution in [0.3, 0.4) is 0 Å². The predicted molar refractivity (Wildman–Crippen MR) is 201 cm³/mol. The zero-order valence-corrected chi connectivity index (χ0v) is 29.7. The van der Waals surface area contributed by atoms with Gasteiger partial charge in [0.15, 0.2) is 0 Å². The van der Waals surface area contributed by atoms with Crippen LogP contribution in [0.25, 0.3) is 0 Å². The smallest absolute Gasteiger partial charge is 0.411 e. The van der Waals surface area contributed by atoms with Crippen LogP contribution in [-0.2, 0) is 36.6 Å². The SMILES string of the molecule is CC(=O)Nc1ccc(Cc2ccc(NC(=O)OCCOC(=O)Nc3ccc(Cc4ccc(NC(=O)OCCCCOC(C)C)cc4)cc3)cc2)cc1. The van der Waals surface area contributed by atoms with Crippen LogP contribution < -0.4 is 21.3 Å². The number of benzene rings is 4. The van der Waals surface area contributed by atoms with E-state index >= 15 is 0 Å². The molecule has 52 heavy (non-hydrogen) atoms. The van der Waals surface area contributed by atoms with Gasteiger partial charge in [0.1, 0.15) is 13.2 Å². The summed E-state index contributed by atoms with van der Waals surface area (Å²) in [5.41, 5.74) is 6.73. The number of rotatable bonds is 17. The van der Waals surface area contributed by atoms with Crippen LogP contribution in [0.2, 0.25) is 0 Å². The molecule has 4 aromatic carbocycles. The molecule has 0 saturated heterocycles. The van der Waals surface area contributed by atoms with Crippen LogP contribution in [0.1, 0.15) is 55.9 Å². The van der Waals surface area contributed by atoms with E-state index in [1.54, 1.807) is 24.3 Å². The molecule has 0 aliphatic rings. The maximum atomic E-state index is 12.2. The number of carbonyl (C=O) groups excluding carboxylic acids is 4. The summed E-state index contributed by atoms with van der Waals surface area (Å²) >= 11 is 0. The van der Waals surface area contributed by atoms with Gasteiger partial charge in [0.05, 0.1) is 12.7 Å². The molecule has 4 aromatic rings. The third kappa shape index (κ3) is 14.9. The molecule has 12 nitrogen and oxygen atoms in total. The lowest BCUT2D eigenvalue weighted by Gasteiger charge is -2.10. The van der Waals surface area contributed by atoms with Crippen molar-refractivity contribution >= 4 is 46.9 Å². The van der Waals surface area contributed by atoms with Crippen molar-refractivity contribution in [2.75, 3.05) is 47.7 Å². The summed E-state index contributed by atoms with van der Waals surface area (Å²) in [6, 6.07) is 29.8. The monoisotopic (exact) mass is 710 g/mol. The van der Waals surface area contributed by atoms with Crippen molar-refractivity contribution in [1.29, 1.82) is 0 Å². The van der Waals surface area contributed by atoms with Crippen LogP contribution >= 0.6 is 0 Å². The Hall–Kier alpha value is -5.88. The van der Waals surface area contributed by atoms with Gasteiger partial charge in [-0.2, -0.15) is 0 Å². The summed E-state index contributed by atoms with van der Waals surface area (Å²) in [6.45, 7) is 6.19. The minimum Gasteiger partial charge on any atom is -0.449 e. The van der Waals surface area contributed by atoms with E-state index in [-0.39, 0.29) is 25.2 Å². The van der Waals surface area contributed by atoms with Gasteiger partial charge in [-0.3, -0.25) is 20.7 Å². The van der Waals surface area contributed by atoms with Gasteiger partial charge in [0.25, 0.3) is 0 Å². The molecule has 0 aromatic heterocycles. The van der Waals surface area contributed by atoms with E-state index in [0.717, 1.165) is 40.8 Å². The Labute approximate surface area is 304 Å². The standard InChI is InChI=1S/C40H46N4O8/c1-28(2)49-22-4-5-23-50-38(46)42-35-16-8-32(9-17-35)27-33-12-20-37(21-13-33)44-40(48)52-25-24-51-39(47)43-36-18-10-31(11-19-36)26-30-6-14-34(15-7-30)41-29(3)45/h6-21,28H,4-5,22-27H2,1-3H3,(H,41,45)(H,42,46)(H,43,47)(H,44,48). The first kappa shape index (κ1) is 38.9. The first-order valence-corrected chi connectivity index (χ1v) is 17.2. The molecule has 0 fully saturated rings. The average Bonchev–Trinajstić information content (AvgIpc) is 3.11. The van der Waals surface area contributed by atoms with Crippen molar-refractivity contribution in [3.05, 3.63) is 119 Å². The van der Waals surface area contributed by atoms with Gasteiger partial charge in [0, 0.05) is 36.3 Å². The molecule has 0 atom stereocenters. The number of hydrogen-bond donors (Lipinski definition) is 4. The number of amides is 4. The molecule has 0 saturated carbocycles. The van der Waals surface area contributed by atoms with Crippen LogP contribution in [0.4, 0.5) is 37.1 Å². The summed E-state index contributed by atoms with van der Waals surface area (Å²) < 4.78 is 21.0. The normalized spacial score (nSPS) is 10.6. The summed E-state index contributed by atoms with van der Waals surface area (Å²) in [5, 5.41) is 10.8. The van der Waals surface area contributed by atoms with Gasteiger partial charge >= 0.3 is 18.3 Å². The highest BCUT2D eigenvalue weighted by molar-refractivity contribution is 5.88. The quantitative estimate of drug-likeness (QED) is 0.0630. The molecule has 0 aliphatic carbocycles. The van der Waals surface area contributed by atoms with Gasteiger partial charge in [-0.05, 0) is 110 Å². The molecule has 0 heterocycles. The Bertz CT molecular complexity index is 1730. The summed E-state index contributed by atoms with van der Waals surface area (Å²) in [6.07, 6.45) is 1.30. The van der Waals surface area contributed by atoms with Crippen LogP contribution in [0, 0.1) is 0 Å². The Kier molecular flexibility index (Phi) is 15.5. The lowest BCUT2D eigenvalue weighted by Crippen LogP contribution is -2.20. The molecule has 0 aliphatic heterocycles. The minimum absolute atomic E-state index is 0.116. The van der Waals surface area contributed by atoms with Crippen molar-refractivity contribution in [3.8, 4) is 0 Å². The molecule has 4 rings (SSSR count). The van der Waals surface area contributed by atoms with Crippen molar-refractivity contribution < 1.29 is 38.1 Å². The maximum Gasteiger partial charge on any atom is 0.411 e. The minimum atomic E-state index is -0.668. The zero-order chi connectivity index (χ0) is 37.1. The Morgan fingerprint density at radius 1 is 0.462 bits per heavy atom. The molecule has 0 spiro atoms. The highest BCUT2D eigenvalue weighted by Crippen LogP contribution is 2.18. The largest absolute Gasteiger partial charge is 0.449 e. The Morgan fingerprint density at radius 3 is 1.10 bits per heavy atom. The number of hydrogen-bond acceptors (Lipinski definition) is 8. The van der Waals surface area contributed by atoms with Crippen molar-refractivity contribution in [1.82, 2.24) is 0 Å². The molecular weight excluding hydrogens is 664 g/mol. The second-order valence-electron chi connectivity index (χ2n) is 12.2. The van der Waals surface area contributed by atoms with Gasteiger partial charge in [0.2, 0.25) is 5.91 Å². The van der Waals surface area contributed by atoms with Crippen molar-refractivity contribution in [2.45, 2.75) is 52.6 Å². The fourth-order valence-electron chi connectivity index (χ4n) is 4.92. The van der Waals surface area contributed by atoms with Crippen molar-refractivity contribution in [2.24, 2.45) is 0 Å². The summed E-state index contributed by atoms with van der Waals surface area (Å²) in [5.74, 6) is -0.117. The van der Waals surface area contributed by atoms with E-state index in [2.05, 4.69) is 21.3 Å². The first-order valence-electron chi connectivity index (χ1n) is 17.2. The van der Waals surface area contributed by atoms with E-state index in [4.69, 9.17) is 18.9 Å². The van der Waals surface area contributed by atoms with Crippen LogP contribution in [-0.4, -0.2) is 56.7 Å². The average molecular weight is 711 g/mol. The van der Waals surface area contributed by atoms with E-state index in [1.807, 2.05) is 86.6 Å². The number of anilines is 4. The third-order valence-electron chi connectivity index (χ3n) is 7.46. The fraction of sp³-hybridized carbons (Fsp3) is 0.300. The van der Waals surface area contributed by atoms with Gasteiger partial charge in [-0.25, -0.2) is 14.4 Å². The molecule has 0 bridgehead atoms. The maximum absolute atomic E-state index is 12.2. The first-order chi connectivity index (χ1) is 25.1. The third-order valence-corrected chi connectivity index (χ3v) is 7.46. The van der Waals surface area contributed by atoms with Gasteiger partial charge in [-0.15, -0.1) is 0 Å². The second-order valence-corrected chi connectivity index (χ2v) is 12.2. The molecule has 0 unspecified atom stereocenters. The predicted octanol–water partition coefficient (Wildman–Crippen LogP) is 8.38. The van der Waals surface area contributed by atoms with Crippen LogP contribution in [0.15, 0.2) is 97.1 Å². The number of unbranched alkanes of at least 4 members (excludes halogenated alkanes) is 1. The molecule has 4 amide bonds. The highest BCUT2D eigenvalue weighted by atomic mass is 16.6. The number of ether oxygens (including phenoxy) is 4.